The number of benzene rings is 2. The van der Waals surface area contributed by atoms with Gasteiger partial charge in [0.15, 0.2) is 11.5 Å². The fourth-order valence-corrected chi connectivity index (χ4v) is 3.08. The SMILES string of the molecule is Cc1ccc(NC(=O)c2nnn(Cc3nc(-c4cccc(Cl)c4)oc3C)c2N)cc1. The molecule has 3 N–H and O–H groups in total. The Morgan fingerprint density at radius 1 is 1.20 bits per heavy atom. The van der Waals surface area contributed by atoms with Crippen LogP contribution in [0, 0.1) is 13.8 Å². The van der Waals surface area contributed by atoms with Crippen LogP contribution >= 0.6 is 11.6 Å². The third-order valence-electron chi connectivity index (χ3n) is 4.56. The normalized spacial score (nSPS) is 10.9. The Morgan fingerprint density at radius 2 is 1.97 bits per heavy atom. The van der Waals surface area contributed by atoms with Crippen LogP contribution in [0.3, 0.4) is 0 Å². The third-order valence-corrected chi connectivity index (χ3v) is 4.80. The van der Waals surface area contributed by atoms with E-state index in [9.17, 15) is 4.79 Å². The van der Waals surface area contributed by atoms with Crippen molar-refractivity contribution in [1.82, 2.24) is 20.0 Å². The van der Waals surface area contributed by atoms with Crippen molar-refractivity contribution < 1.29 is 9.21 Å². The smallest absolute Gasteiger partial charge is 0.280 e. The van der Waals surface area contributed by atoms with Gasteiger partial charge in [0.05, 0.1) is 6.54 Å². The largest absolute Gasteiger partial charge is 0.441 e. The number of rotatable bonds is 5. The molecule has 2 heterocycles. The molecule has 0 saturated heterocycles. The van der Waals surface area contributed by atoms with Crippen LogP contribution < -0.4 is 11.1 Å². The first-order valence-corrected chi connectivity index (χ1v) is 9.57. The molecule has 0 radical (unpaired) electrons. The summed E-state index contributed by atoms with van der Waals surface area (Å²) in [7, 11) is 0. The number of carbonyl (C=O) groups is 1. The summed E-state index contributed by atoms with van der Waals surface area (Å²) in [5.41, 5.74) is 9.31. The molecule has 0 saturated carbocycles. The maximum Gasteiger partial charge on any atom is 0.280 e. The third kappa shape index (κ3) is 4.04. The van der Waals surface area contributed by atoms with Gasteiger partial charge in [0.1, 0.15) is 11.5 Å². The number of oxazole rings is 1. The van der Waals surface area contributed by atoms with E-state index in [0.29, 0.717) is 28.1 Å². The van der Waals surface area contributed by atoms with Gasteiger partial charge in [0, 0.05) is 16.3 Å². The number of nitrogens with two attached hydrogens (primary N) is 1. The first-order chi connectivity index (χ1) is 14.4. The van der Waals surface area contributed by atoms with Crippen LogP contribution in [-0.2, 0) is 6.54 Å². The molecule has 152 valence electrons. The van der Waals surface area contributed by atoms with Crippen molar-refractivity contribution in [2.75, 3.05) is 11.1 Å². The molecule has 1 amide bonds. The molecule has 0 aliphatic rings. The van der Waals surface area contributed by atoms with Gasteiger partial charge in [-0.3, -0.25) is 4.79 Å². The van der Waals surface area contributed by atoms with E-state index in [4.69, 9.17) is 21.8 Å². The molecule has 8 nitrogen and oxygen atoms in total. The number of aromatic nitrogens is 4. The Hall–Kier alpha value is -3.65. The van der Waals surface area contributed by atoms with Crippen LogP contribution in [-0.4, -0.2) is 25.9 Å². The van der Waals surface area contributed by atoms with Crippen LogP contribution in [0.2, 0.25) is 5.02 Å². The Bertz CT molecular complexity index is 1210. The van der Waals surface area contributed by atoms with Crippen molar-refractivity contribution in [2.45, 2.75) is 20.4 Å². The van der Waals surface area contributed by atoms with E-state index < -0.39 is 5.91 Å². The van der Waals surface area contributed by atoms with Crippen LogP contribution in [0.1, 0.15) is 27.5 Å². The summed E-state index contributed by atoms with van der Waals surface area (Å²) >= 11 is 6.04. The number of aryl methyl sites for hydroxylation is 2. The van der Waals surface area contributed by atoms with Gasteiger partial charge in [-0.1, -0.05) is 40.6 Å². The van der Waals surface area contributed by atoms with Crippen LogP contribution in [0.4, 0.5) is 11.5 Å². The highest BCUT2D eigenvalue weighted by Crippen LogP contribution is 2.25. The fraction of sp³-hybridized carbons (Fsp3) is 0.143. The lowest BCUT2D eigenvalue weighted by Crippen LogP contribution is -2.15. The average Bonchev–Trinajstić information content (AvgIpc) is 3.27. The Labute approximate surface area is 177 Å². The summed E-state index contributed by atoms with van der Waals surface area (Å²) in [5, 5.41) is 11.3. The number of nitrogens with one attached hydrogen (secondary N) is 1. The highest BCUT2D eigenvalue weighted by Gasteiger charge is 2.20. The summed E-state index contributed by atoms with van der Waals surface area (Å²) in [6, 6.07) is 14.7. The first-order valence-electron chi connectivity index (χ1n) is 9.20. The van der Waals surface area contributed by atoms with Crippen LogP contribution in [0.25, 0.3) is 11.5 Å². The van der Waals surface area contributed by atoms with E-state index in [1.807, 2.05) is 43.3 Å². The molecule has 9 heteroatoms. The lowest BCUT2D eigenvalue weighted by atomic mass is 10.2. The zero-order valence-corrected chi connectivity index (χ0v) is 17.1. The first kappa shape index (κ1) is 19.7. The van der Waals surface area contributed by atoms with Crippen molar-refractivity contribution in [3.05, 3.63) is 76.3 Å². The summed E-state index contributed by atoms with van der Waals surface area (Å²) in [6.07, 6.45) is 0. The lowest BCUT2D eigenvalue weighted by molar-refractivity contribution is 0.102. The molecule has 0 fully saturated rings. The molecule has 2 aromatic carbocycles. The van der Waals surface area contributed by atoms with Crippen LogP contribution in [0.5, 0.6) is 0 Å². The second-order valence-corrected chi connectivity index (χ2v) is 7.27. The Balaban J connectivity index is 1.53. The number of carbonyl (C=O) groups excluding carboxylic acids is 1. The number of halogens is 1. The second-order valence-electron chi connectivity index (χ2n) is 6.83. The number of nitrogens with zero attached hydrogens (tertiary/aromatic N) is 4. The molecule has 0 aliphatic carbocycles. The highest BCUT2D eigenvalue weighted by molar-refractivity contribution is 6.30. The summed E-state index contributed by atoms with van der Waals surface area (Å²) in [6.45, 7) is 3.99. The van der Waals surface area contributed by atoms with Gasteiger partial charge >= 0.3 is 0 Å². The van der Waals surface area contributed by atoms with E-state index in [0.717, 1.165) is 11.1 Å². The topological polar surface area (TPSA) is 112 Å². The molecule has 0 bridgehead atoms. The molecule has 2 aromatic heterocycles. The Kier molecular flexibility index (Phi) is 5.24. The van der Waals surface area contributed by atoms with Crippen LogP contribution in [0.15, 0.2) is 52.9 Å². The van der Waals surface area contributed by atoms with Crippen molar-refractivity contribution in [1.29, 1.82) is 0 Å². The van der Waals surface area contributed by atoms with Gasteiger partial charge in [-0.05, 0) is 44.2 Å². The lowest BCUT2D eigenvalue weighted by Gasteiger charge is -2.04. The van der Waals surface area contributed by atoms with Gasteiger partial charge in [-0.2, -0.15) is 0 Å². The predicted octanol–water partition coefficient (Wildman–Crippen LogP) is 4.09. The van der Waals surface area contributed by atoms with E-state index in [1.165, 1.54) is 4.68 Å². The molecular formula is C21H19ClN6O2. The second kappa shape index (κ2) is 8.00. The molecular weight excluding hydrogens is 404 g/mol. The summed E-state index contributed by atoms with van der Waals surface area (Å²) in [4.78, 5) is 17.0. The Morgan fingerprint density at radius 3 is 2.70 bits per heavy atom. The molecule has 30 heavy (non-hydrogen) atoms. The van der Waals surface area contributed by atoms with Gasteiger partial charge < -0.3 is 15.5 Å². The minimum absolute atomic E-state index is 0.0480. The van der Waals surface area contributed by atoms with Gasteiger partial charge in [-0.25, -0.2) is 9.67 Å². The van der Waals surface area contributed by atoms with Crippen molar-refractivity contribution in [3.63, 3.8) is 0 Å². The van der Waals surface area contributed by atoms with Crippen molar-refractivity contribution in [3.8, 4) is 11.5 Å². The van der Waals surface area contributed by atoms with Crippen molar-refractivity contribution in [2.24, 2.45) is 0 Å². The number of amides is 1. The number of anilines is 2. The molecule has 4 aromatic rings. The quantitative estimate of drug-likeness (QED) is 0.501. The zero-order valence-electron chi connectivity index (χ0n) is 16.4. The summed E-state index contributed by atoms with van der Waals surface area (Å²) < 4.78 is 7.17. The van der Waals surface area contributed by atoms with Gasteiger partial charge in [0.25, 0.3) is 5.91 Å². The maximum absolute atomic E-state index is 12.5. The molecule has 0 atom stereocenters. The van der Waals surface area contributed by atoms with Gasteiger partial charge in [0.2, 0.25) is 5.89 Å². The van der Waals surface area contributed by atoms with E-state index in [-0.39, 0.29) is 18.1 Å². The summed E-state index contributed by atoms with van der Waals surface area (Å²) in [5.74, 6) is 0.775. The number of nitrogen functional groups attached to an aromatic ring is 1. The predicted molar refractivity (Wildman–Crippen MR) is 114 cm³/mol. The van der Waals surface area contributed by atoms with Gasteiger partial charge in [-0.15, -0.1) is 5.10 Å². The molecule has 0 unspecified atom stereocenters. The fourth-order valence-electron chi connectivity index (χ4n) is 2.89. The van der Waals surface area contributed by atoms with E-state index in [1.54, 1.807) is 19.1 Å². The molecule has 0 spiro atoms. The average molecular weight is 423 g/mol. The van der Waals surface area contributed by atoms with E-state index >= 15 is 0 Å². The number of hydrogen-bond donors (Lipinski definition) is 2. The number of hydrogen-bond acceptors (Lipinski definition) is 6. The van der Waals surface area contributed by atoms with E-state index in [2.05, 4.69) is 20.6 Å². The highest BCUT2D eigenvalue weighted by atomic mass is 35.5. The maximum atomic E-state index is 12.5. The molecule has 0 aliphatic heterocycles. The minimum Gasteiger partial charge on any atom is -0.441 e. The monoisotopic (exact) mass is 422 g/mol. The van der Waals surface area contributed by atoms with Crippen molar-refractivity contribution >= 4 is 29.0 Å². The minimum atomic E-state index is -0.431. The standard InChI is InChI=1S/C21H19ClN6O2/c1-12-6-8-16(9-7-12)24-20(29)18-19(23)28(27-26-18)11-17-13(2)30-21(25-17)14-4-3-5-15(22)10-14/h3-10H,11,23H2,1-2H3,(H,24,29). The molecule has 4 rings (SSSR count). The zero-order chi connectivity index (χ0) is 21.3.